The van der Waals surface area contributed by atoms with E-state index in [4.69, 9.17) is 10.2 Å². The number of nitrogens with one attached hydrogen (secondary N) is 1. The van der Waals surface area contributed by atoms with E-state index in [0.717, 1.165) is 0 Å². The van der Waals surface area contributed by atoms with Gasteiger partial charge in [-0.15, -0.1) is 11.8 Å². The molecule has 0 bridgehead atoms. The van der Waals surface area contributed by atoms with E-state index in [-0.39, 0.29) is 18.7 Å². The van der Waals surface area contributed by atoms with Crippen molar-refractivity contribution in [2.24, 2.45) is 5.14 Å². The minimum Gasteiger partial charge on any atom is -0.480 e. The van der Waals surface area contributed by atoms with Crippen molar-refractivity contribution in [3.05, 3.63) is 0 Å². The summed E-state index contributed by atoms with van der Waals surface area (Å²) in [6.45, 7) is 0.142. The van der Waals surface area contributed by atoms with Gasteiger partial charge in [0.15, 0.2) is 0 Å². The number of carbonyl (C=O) groups is 2. The summed E-state index contributed by atoms with van der Waals surface area (Å²) in [5, 5.41) is 16.2. The highest BCUT2D eigenvalue weighted by atomic mass is 32.2. The minimum atomic E-state index is -3.53. The van der Waals surface area contributed by atoms with Crippen LogP contribution in [0.5, 0.6) is 0 Å². The topological polar surface area (TPSA) is 130 Å². The first kappa shape index (κ1) is 15.1. The van der Waals surface area contributed by atoms with Gasteiger partial charge in [0.25, 0.3) is 0 Å². The van der Waals surface area contributed by atoms with Crippen LogP contribution in [0.2, 0.25) is 0 Å². The van der Waals surface area contributed by atoms with Crippen LogP contribution >= 0.6 is 11.8 Å². The molecule has 1 saturated heterocycles. The first-order chi connectivity index (χ1) is 8.31. The molecule has 1 atom stereocenters. The standard InChI is InChI=1S/C8H15N3O5S2/c9-18(15,16)3-1-2-10-8(14)11-5-17-4-6(11)7(12)13/h6H,1-5H2,(H,10,14)(H,12,13)(H2,9,15,16). The fraction of sp³-hybridized carbons (Fsp3) is 0.750. The van der Waals surface area contributed by atoms with Crippen molar-refractivity contribution in [3.8, 4) is 0 Å². The van der Waals surface area contributed by atoms with E-state index in [2.05, 4.69) is 5.32 Å². The van der Waals surface area contributed by atoms with Gasteiger partial charge in [-0.1, -0.05) is 0 Å². The lowest BCUT2D eigenvalue weighted by atomic mass is 10.3. The molecule has 4 N–H and O–H groups in total. The Morgan fingerprint density at radius 3 is 2.72 bits per heavy atom. The zero-order valence-corrected chi connectivity index (χ0v) is 11.2. The van der Waals surface area contributed by atoms with Gasteiger partial charge >= 0.3 is 12.0 Å². The molecular weight excluding hydrogens is 282 g/mol. The van der Waals surface area contributed by atoms with Crippen LogP contribution in [-0.2, 0) is 14.8 Å². The van der Waals surface area contributed by atoms with Crippen LogP contribution in [0.25, 0.3) is 0 Å². The highest BCUT2D eigenvalue weighted by Gasteiger charge is 2.34. The second-order valence-corrected chi connectivity index (χ2v) is 6.51. The van der Waals surface area contributed by atoms with E-state index >= 15 is 0 Å². The van der Waals surface area contributed by atoms with Gasteiger partial charge in [0.1, 0.15) is 6.04 Å². The summed E-state index contributed by atoms with van der Waals surface area (Å²) in [5.41, 5.74) is 0. The zero-order valence-electron chi connectivity index (χ0n) is 9.53. The van der Waals surface area contributed by atoms with E-state index in [1.807, 2.05) is 0 Å². The second kappa shape index (κ2) is 6.25. The number of nitrogens with two attached hydrogens (primary N) is 1. The Kier molecular flexibility index (Phi) is 5.23. The first-order valence-corrected chi connectivity index (χ1v) is 8.04. The van der Waals surface area contributed by atoms with E-state index in [1.165, 1.54) is 16.7 Å². The number of rotatable bonds is 5. The fourth-order valence-corrected chi connectivity index (χ4v) is 3.11. The van der Waals surface area contributed by atoms with Gasteiger partial charge in [0.2, 0.25) is 10.0 Å². The van der Waals surface area contributed by atoms with Crippen molar-refractivity contribution in [2.75, 3.05) is 23.9 Å². The van der Waals surface area contributed by atoms with Gasteiger partial charge in [-0.05, 0) is 6.42 Å². The number of primary sulfonamides is 1. The molecular formula is C8H15N3O5S2. The average molecular weight is 297 g/mol. The molecule has 0 aliphatic carbocycles. The second-order valence-electron chi connectivity index (χ2n) is 3.78. The molecule has 8 nitrogen and oxygen atoms in total. The number of aliphatic carboxylic acids is 1. The maximum Gasteiger partial charge on any atom is 0.327 e. The molecule has 1 aliphatic rings. The predicted molar refractivity (Wildman–Crippen MR) is 66.6 cm³/mol. The highest BCUT2D eigenvalue weighted by Crippen LogP contribution is 2.20. The Bertz CT molecular complexity index is 424. The maximum absolute atomic E-state index is 11.6. The minimum absolute atomic E-state index is 0.142. The van der Waals surface area contributed by atoms with Crippen molar-refractivity contribution in [1.82, 2.24) is 10.2 Å². The number of amides is 2. The molecule has 0 aromatic heterocycles. The van der Waals surface area contributed by atoms with Gasteiger partial charge in [0, 0.05) is 12.3 Å². The molecule has 0 aromatic carbocycles. The van der Waals surface area contributed by atoms with Gasteiger partial charge < -0.3 is 15.3 Å². The number of thioether (sulfide) groups is 1. The zero-order chi connectivity index (χ0) is 13.8. The lowest BCUT2D eigenvalue weighted by Gasteiger charge is -2.20. The Morgan fingerprint density at radius 2 is 2.17 bits per heavy atom. The number of hydrogen-bond acceptors (Lipinski definition) is 5. The van der Waals surface area contributed by atoms with E-state index in [9.17, 15) is 18.0 Å². The summed E-state index contributed by atoms with van der Waals surface area (Å²) >= 11 is 1.36. The fourth-order valence-electron chi connectivity index (χ4n) is 1.42. The molecule has 1 aliphatic heterocycles. The molecule has 10 heteroatoms. The Balaban J connectivity index is 2.35. The van der Waals surface area contributed by atoms with Crippen LogP contribution in [0.4, 0.5) is 4.79 Å². The van der Waals surface area contributed by atoms with Crippen molar-refractivity contribution in [1.29, 1.82) is 0 Å². The summed E-state index contributed by atoms with van der Waals surface area (Å²) in [4.78, 5) is 23.7. The van der Waals surface area contributed by atoms with Crippen LogP contribution < -0.4 is 10.5 Å². The van der Waals surface area contributed by atoms with Crippen molar-refractivity contribution >= 4 is 33.8 Å². The van der Waals surface area contributed by atoms with Crippen molar-refractivity contribution < 1.29 is 23.1 Å². The Hall–Kier alpha value is -1.00. The molecule has 1 fully saturated rings. The third kappa shape index (κ3) is 4.70. The van der Waals surface area contributed by atoms with Crippen LogP contribution in [0, 0.1) is 0 Å². The monoisotopic (exact) mass is 297 g/mol. The number of carboxylic acids is 1. The van der Waals surface area contributed by atoms with Gasteiger partial charge in [-0.3, -0.25) is 0 Å². The third-order valence-corrected chi connectivity index (χ3v) is 4.18. The van der Waals surface area contributed by atoms with E-state index < -0.39 is 28.1 Å². The summed E-state index contributed by atoms with van der Waals surface area (Å²) in [7, 11) is -3.53. The van der Waals surface area contributed by atoms with Crippen LogP contribution in [0.3, 0.4) is 0 Å². The summed E-state index contributed by atoms with van der Waals surface area (Å²) in [6, 6.07) is -1.32. The SMILES string of the molecule is NS(=O)(=O)CCCNC(=O)N1CSCC1C(=O)O. The number of sulfonamides is 1. The van der Waals surface area contributed by atoms with Crippen molar-refractivity contribution in [3.63, 3.8) is 0 Å². The summed E-state index contributed by atoms with van der Waals surface area (Å²) < 4.78 is 21.3. The molecule has 104 valence electrons. The number of carboxylic acid groups (broad SMARTS) is 1. The molecule has 1 rings (SSSR count). The van der Waals surface area contributed by atoms with E-state index in [0.29, 0.717) is 11.6 Å². The molecule has 0 aromatic rings. The third-order valence-electron chi connectivity index (χ3n) is 2.31. The van der Waals surface area contributed by atoms with Gasteiger partial charge in [0.05, 0.1) is 11.6 Å². The molecule has 2 amide bonds. The maximum atomic E-state index is 11.6. The average Bonchev–Trinajstić information content (AvgIpc) is 2.71. The Morgan fingerprint density at radius 1 is 1.50 bits per heavy atom. The van der Waals surface area contributed by atoms with Crippen LogP contribution in [0.15, 0.2) is 0 Å². The largest absolute Gasteiger partial charge is 0.480 e. The predicted octanol–water partition coefficient (Wildman–Crippen LogP) is -1.17. The number of hydrogen-bond donors (Lipinski definition) is 3. The number of nitrogens with zero attached hydrogens (tertiary/aromatic N) is 1. The molecule has 18 heavy (non-hydrogen) atoms. The Labute approximate surface area is 109 Å². The van der Waals surface area contributed by atoms with Gasteiger partial charge in [-0.25, -0.2) is 23.1 Å². The number of carbonyl (C=O) groups excluding carboxylic acids is 1. The van der Waals surface area contributed by atoms with Crippen LogP contribution in [0.1, 0.15) is 6.42 Å². The normalized spacial score (nSPS) is 19.8. The quantitative estimate of drug-likeness (QED) is 0.548. The molecule has 1 heterocycles. The summed E-state index contributed by atoms with van der Waals surface area (Å²) in [6.07, 6.45) is 0.198. The molecule has 0 spiro atoms. The van der Waals surface area contributed by atoms with Crippen molar-refractivity contribution in [2.45, 2.75) is 12.5 Å². The molecule has 1 unspecified atom stereocenters. The lowest BCUT2D eigenvalue weighted by molar-refractivity contribution is -0.140. The lowest BCUT2D eigenvalue weighted by Crippen LogP contribution is -2.47. The first-order valence-electron chi connectivity index (χ1n) is 5.17. The number of urea groups is 1. The molecule has 0 saturated carbocycles. The van der Waals surface area contributed by atoms with Gasteiger partial charge in [-0.2, -0.15) is 0 Å². The highest BCUT2D eigenvalue weighted by molar-refractivity contribution is 7.99. The summed E-state index contributed by atoms with van der Waals surface area (Å²) in [5.74, 6) is -0.581. The van der Waals surface area contributed by atoms with Crippen LogP contribution in [-0.4, -0.2) is 60.4 Å². The smallest absolute Gasteiger partial charge is 0.327 e. The molecule has 0 radical (unpaired) electrons. The van der Waals surface area contributed by atoms with E-state index in [1.54, 1.807) is 0 Å².